The summed E-state index contributed by atoms with van der Waals surface area (Å²) >= 11 is 1.47. The number of nitrogens with zero attached hydrogens (tertiary/aromatic N) is 2. The van der Waals surface area contributed by atoms with Crippen LogP contribution in [0.1, 0.15) is 29.7 Å². The topological polar surface area (TPSA) is 78.0 Å². The second kappa shape index (κ2) is 10.8. The largest absolute Gasteiger partial charge is 0.493 e. The molecule has 1 aliphatic rings. The number of sulfone groups is 1. The van der Waals surface area contributed by atoms with Gasteiger partial charge in [0.15, 0.2) is 26.5 Å². The van der Waals surface area contributed by atoms with Crippen LogP contribution in [0.4, 0.5) is 18.3 Å². The van der Waals surface area contributed by atoms with Crippen molar-refractivity contribution < 1.29 is 35.8 Å². The van der Waals surface area contributed by atoms with Crippen molar-refractivity contribution in [2.75, 3.05) is 39.3 Å². The molecule has 3 aromatic rings. The Hall–Kier alpha value is -2.99. The van der Waals surface area contributed by atoms with Gasteiger partial charge in [-0.15, -0.1) is 11.3 Å². The molecule has 200 valence electrons. The first-order valence-electron chi connectivity index (χ1n) is 11.5. The Bertz CT molecular complexity index is 1330. The van der Waals surface area contributed by atoms with Crippen LogP contribution in [0.15, 0.2) is 46.7 Å². The predicted molar refractivity (Wildman–Crippen MR) is 135 cm³/mol. The van der Waals surface area contributed by atoms with E-state index in [0.29, 0.717) is 49.6 Å². The fourth-order valence-corrected chi connectivity index (χ4v) is 7.02. The summed E-state index contributed by atoms with van der Waals surface area (Å²) in [5.74, 6) is 1.61. The third kappa shape index (κ3) is 5.80. The Morgan fingerprint density at radius 3 is 2.24 bits per heavy atom. The highest BCUT2D eigenvalue weighted by molar-refractivity contribution is 7.92. The standard InChI is InChI=1S/C25H27F3N2O5S2/c1-33-21-12-16(13-22(34-2)23(21)35-3)11-18-15-36-24(29-18)30-9-7-19(8-10-30)37(31,32)20-6-4-5-17(14-20)25(26,27)28/h4-6,12-15,19H,7-11H2,1-3H3. The third-order valence-corrected chi connectivity index (χ3v) is 9.50. The molecule has 0 spiro atoms. The highest BCUT2D eigenvalue weighted by Gasteiger charge is 2.35. The van der Waals surface area contributed by atoms with Crippen LogP contribution >= 0.6 is 11.3 Å². The molecule has 0 amide bonds. The number of methoxy groups -OCH3 is 3. The number of anilines is 1. The summed E-state index contributed by atoms with van der Waals surface area (Å²) in [7, 11) is 0.769. The molecular weight excluding hydrogens is 529 g/mol. The zero-order valence-corrected chi connectivity index (χ0v) is 22.2. The predicted octanol–water partition coefficient (Wildman–Crippen LogP) is 5.22. The molecule has 1 aliphatic heterocycles. The van der Waals surface area contributed by atoms with E-state index in [4.69, 9.17) is 19.2 Å². The van der Waals surface area contributed by atoms with Crippen LogP contribution in [0.2, 0.25) is 0 Å². The summed E-state index contributed by atoms with van der Waals surface area (Å²) in [5, 5.41) is 1.98. The molecular formula is C25H27F3N2O5S2. The summed E-state index contributed by atoms with van der Waals surface area (Å²) < 4.78 is 81.5. The molecule has 4 rings (SSSR count). The van der Waals surface area contributed by atoms with E-state index in [-0.39, 0.29) is 4.90 Å². The van der Waals surface area contributed by atoms with Gasteiger partial charge in [0, 0.05) is 24.9 Å². The number of piperidine rings is 1. The van der Waals surface area contributed by atoms with E-state index in [1.807, 2.05) is 22.4 Å². The zero-order valence-electron chi connectivity index (χ0n) is 20.5. The van der Waals surface area contributed by atoms with Crippen LogP contribution in [0.25, 0.3) is 0 Å². The van der Waals surface area contributed by atoms with Crippen molar-refractivity contribution in [1.82, 2.24) is 4.98 Å². The van der Waals surface area contributed by atoms with Crippen molar-refractivity contribution in [3.63, 3.8) is 0 Å². The first-order chi connectivity index (χ1) is 17.6. The molecule has 0 bridgehead atoms. The fraction of sp³-hybridized carbons (Fsp3) is 0.400. The van der Waals surface area contributed by atoms with Crippen molar-refractivity contribution in [3.05, 3.63) is 58.6 Å². The highest BCUT2D eigenvalue weighted by atomic mass is 32.2. The molecule has 0 saturated carbocycles. The molecule has 1 aromatic heterocycles. The third-order valence-electron chi connectivity index (χ3n) is 6.29. The van der Waals surface area contributed by atoms with Gasteiger partial charge in [-0.1, -0.05) is 6.07 Å². The van der Waals surface area contributed by atoms with Gasteiger partial charge in [0.05, 0.1) is 42.7 Å². The van der Waals surface area contributed by atoms with E-state index in [1.54, 1.807) is 21.3 Å². The average molecular weight is 557 g/mol. The van der Waals surface area contributed by atoms with Crippen molar-refractivity contribution in [2.45, 2.75) is 35.6 Å². The number of ether oxygens (including phenoxy) is 3. The summed E-state index contributed by atoms with van der Waals surface area (Å²) in [6.07, 6.45) is -3.45. The van der Waals surface area contributed by atoms with Crippen LogP contribution < -0.4 is 19.1 Å². The number of hydrogen-bond acceptors (Lipinski definition) is 8. The summed E-state index contributed by atoms with van der Waals surface area (Å²) in [5.41, 5.74) is 0.804. The smallest absolute Gasteiger partial charge is 0.416 e. The normalized spacial score (nSPS) is 15.0. The van der Waals surface area contributed by atoms with Gasteiger partial charge in [0.2, 0.25) is 5.75 Å². The molecule has 0 atom stereocenters. The highest BCUT2D eigenvalue weighted by Crippen LogP contribution is 2.39. The second-order valence-corrected chi connectivity index (χ2v) is 11.7. The SMILES string of the molecule is COc1cc(Cc2csc(N3CCC(S(=O)(=O)c4cccc(C(F)(F)F)c4)CC3)n2)cc(OC)c1OC. The Kier molecular flexibility index (Phi) is 7.88. The monoisotopic (exact) mass is 556 g/mol. The van der Waals surface area contributed by atoms with Gasteiger partial charge >= 0.3 is 6.18 Å². The van der Waals surface area contributed by atoms with Gasteiger partial charge in [-0.25, -0.2) is 13.4 Å². The first kappa shape index (κ1) is 27.1. The van der Waals surface area contributed by atoms with Gasteiger partial charge in [-0.2, -0.15) is 13.2 Å². The number of benzene rings is 2. The number of alkyl halides is 3. The Labute approximate surface area is 217 Å². The molecule has 0 unspecified atom stereocenters. The fourth-order valence-electron chi connectivity index (χ4n) is 4.37. The molecule has 37 heavy (non-hydrogen) atoms. The maximum Gasteiger partial charge on any atom is 0.416 e. The minimum absolute atomic E-state index is 0.289. The molecule has 2 heterocycles. The molecule has 2 aromatic carbocycles. The molecule has 7 nitrogen and oxygen atoms in total. The van der Waals surface area contributed by atoms with Gasteiger partial charge in [-0.05, 0) is 48.7 Å². The molecule has 0 N–H and O–H groups in total. The maximum atomic E-state index is 13.1. The van der Waals surface area contributed by atoms with Crippen LogP contribution in [-0.2, 0) is 22.4 Å². The minimum Gasteiger partial charge on any atom is -0.493 e. The number of rotatable bonds is 8. The van der Waals surface area contributed by atoms with Gasteiger partial charge in [0.1, 0.15) is 0 Å². The van der Waals surface area contributed by atoms with E-state index in [1.165, 1.54) is 17.4 Å². The van der Waals surface area contributed by atoms with Gasteiger partial charge in [0.25, 0.3) is 0 Å². The van der Waals surface area contributed by atoms with Gasteiger partial charge < -0.3 is 19.1 Å². The zero-order chi connectivity index (χ0) is 26.8. The molecule has 1 fully saturated rings. The summed E-state index contributed by atoms with van der Waals surface area (Å²) in [6.45, 7) is 0.889. The second-order valence-electron chi connectivity index (χ2n) is 8.59. The van der Waals surface area contributed by atoms with Crippen molar-refractivity contribution in [2.24, 2.45) is 0 Å². The average Bonchev–Trinajstić information content (AvgIpc) is 3.36. The Morgan fingerprint density at radius 2 is 1.68 bits per heavy atom. The lowest BCUT2D eigenvalue weighted by Crippen LogP contribution is -2.39. The Balaban J connectivity index is 1.43. The summed E-state index contributed by atoms with van der Waals surface area (Å²) in [4.78, 5) is 6.45. The Morgan fingerprint density at radius 1 is 1.03 bits per heavy atom. The first-order valence-corrected chi connectivity index (χ1v) is 13.9. The number of hydrogen-bond donors (Lipinski definition) is 0. The van der Waals surface area contributed by atoms with E-state index < -0.39 is 26.8 Å². The van der Waals surface area contributed by atoms with E-state index >= 15 is 0 Å². The van der Waals surface area contributed by atoms with Gasteiger partial charge in [-0.3, -0.25) is 0 Å². The van der Waals surface area contributed by atoms with Crippen LogP contribution in [0, 0.1) is 0 Å². The molecule has 12 heteroatoms. The van der Waals surface area contributed by atoms with Crippen LogP contribution in [0.3, 0.4) is 0 Å². The lowest BCUT2D eigenvalue weighted by atomic mass is 10.1. The van der Waals surface area contributed by atoms with Crippen molar-refractivity contribution >= 4 is 26.3 Å². The molecule has 0 aliphatic carbocycles. The number of halogens is 3. The van der Waals surface area contributed by atoms with Crippen LogP contribution in [-0.4, -0.2) is 53.1 Å². The van der Waals surface area contributed by atoms with Crippen molar-refractivity contribution in [1.29, 1.82) is 0 Å². The summed E-state index contributed by atoms with van der Waals surface area (Å²) in [6, 6.07) is 7.69. The lowest BCUT2D eigenvalue weighted by molar-refractivity contribution is -0.137. The maximum absolute atomic E-state index is 13.1. The van der Waals surface area contributed by atoms with E-state index in [0.717, 1.165) is 34.6 Å². The number of thiazole rings is 1. The quantitative estimate of drug-likeness (QED) is 0.376. The van der Waals surface area contributed by atoms with Crippen LogP contribution in [0.5, 0.6) is 17.2 Å². The minimum atomic E-state index is -4.60. The van der Waals surface area contributed by atoms with E-state index in [9.17, 15) is 21.6 Å². The van der Waals surface area contributed by atoms with E-state index in [2.05, 4.69) is 0 Å². The van der Waals surface area contributed by atoms with Crippen molar-refractivity contribution in [3.8, 4) is 17.2 Å². The lowest BCUT2D eigenvalue weighted by Gasteiger charge is -2.31. The molecule has 1 saturated heterocycles. The molecule has 0 radical (unpaired) electrons. The number of aromatic nitrogens is 1.